The topological polar surface area (TPSA) is 120 Å². The molecule has 0 aliphatic carbocycles. The van der Waals surface area contributed by atoms with Gasteiger partial charge < -0.3 is 16.0 Å². The third kappa shape index (κ3) is 3.58. The molecule has 0 amide bonds. The summed E-state index contributed by atoms with van der Waals surface area (Å²) in [6, 6.07) is 9.08. The number of aromatic hydroxyl groups is 1. The van der Waals surface area contributed by atoms with Crippen LogP contribution in [0.3, 0.4) is 0 Å². The van der Waals surface area contributed by atoms with Gasteiger partial charge in [0.25, 0.3) is 0 Å². The molecule has 0 bridgehead atoms. The zero-order chi connectivity index (χ0) is 21.3. The van der Waals surface area contributed by atoms with Gasteiger partial charge in [0.05, 0.1) is 23.0 Å². The highest BCUT2D eigenvalue weighted by Crippen LogP contribution is 2.41. The molecule has 3 rings (SSSR count). The number of phenols is 1. The first kappa shape index (κ1) is 19.8. The molecule has 1 heterocycles. The number of nitrogens with two attached hydrogens (primary N) is 1. The van der Waals surface area contributed by atoms with E-state index in [0.717, 1.165) is 12.1 Å². The Bertz CT molecular complexity index is 1140. The molecular weight excluding hydrogens is 387 g/mol. The summed E-state index contributed by atoms with van der Waals surface area (Å²) in [5, 5.41) is 35.0. The zero-order valence-electron chi connectivity index (χ0n) is 14.9. The van der Waals surface area contributed by atoms with Gasteiger partial charge >= 0.3 is 6.18 Å². The summed E-state index contributed by atoms with van der Waals surface area (Å²) >= 11 is 0. The fourth-order valence-corrected chi connectivity index (χ4v) is 3.00. The van der Waals surface area contributed by atoms with Crippen molar-refractivity contribution in [3.05, 3.63) is 59.3 Å². The van der Waals surface area contributed by atoms with E-state index in [1.807, 2.05) is 6.07 Å². The van der Waals surface area contributed by atoms with Crippen LogP contribution in [0.25, 0.3) is 22.4 Å². The minimum atomic E-state index is -4.71. The quantitative estimate of drug-likeness (QED) is 0.269. The van der Waals surface area contributed by atoms with Gasteiger partial charge in [-0.3, -0.25) is 4.68 Å². The first-order valence-electron chi connectivity index (χ1n) is 8.12. The average molecular weight is 401 g/mol. The number of benzene rings is 2. The molecule has 0 fully saturated rings. The van der Waals surface area contributed by atoms with Crippen LogP contribution < -0.4 is 5.73 Å². The second-order valence-electron chi connectivity index (χ2n) is 6.12. The summed E-state index contributed by atoms with van der Waals surface area (Å²) in [6.07, 6.45) is -3.44. The van der Waals surface area contributed by atoms with Crippen molar-refractivity contribution in [2.75, 3.05) is 0 Å². The number of oxime groups is 1. The third-order valence-electron chi connectivity index (χ3n) is 4.32. The molecule has 3 aromatic rings. The molecule has 0 radical (unpaired) electrons. The monoisotopic (exact) mass is 401 g/mol. The Kier molecular flexibility index (Phi) is 4.90. The van der Waals surface area contributed by atoms with Gasteiger partial charge in [0, 0.05) is 18.2 Å². The van der Waals surface area contributed by atoms with Crippen molar-refractivity contribution in [2.45, 2.75) is 6.18 Å². The fourth-order valence-electron chi connectivity index (χ4n) is 3.00. The van der Waals surface area contributed by atoms with Crippen molar-refractivity contribution in [1.82, 2.24) is 9.78 Å². The number of aromatic nitrogens is 2. The normalized spacial score (nSPS) is 12.0. The maximum atomic E-state index is 13.5. The molecule has 4 N–H and O–H groups in total. The molecule has 0 atom stereocenters. The van der Waals surface area contributed by atoms with Crippen LogP contribution in [-0.2, 0) is 13.2 Å². The second-order valence-corrected chi connectivity index (χ2v) is 6.12. The Morgan fingerprint density at radius 1 is 1.24 bits per heavy atom. The smallest absolute Gasteiger partial charge is 0.416 e. The Hall–Kier alpha value is -4.00. The summed E-state index contributed by atoms with van der Waals surface area (Å²) in [5.41, 5.74) is 5.29. The van der Waals surface area contributed by atoms with E-state index in [2.05, 4.69) is 10.3 Å². The summed E-state index contributed by atoms with van der Waals surface area (Å²) in [6.45, 7) is 0. The van der Waals surface area contributed by atoms with Crippen molar-refractivity contribution in [3.63, 3.8) is 0 Å². The average Bonchev–Trinajstić information content (AvgIpc) is 3.06. The highest BCUT2D eigenvalue weighted by molar-refractivity contribution is 6.07. The zero-order valence-corrected chi connectivity index (χ0v) is 14.9. The minimum absolute atomic E-state index is 0.0709. The Morgan fingerprint density at radius 3 is 2.45 bits per heavy atom. The van der Waals surface area contributed by atoms with E-state index in [1.165, 1.54) is 42.2 Å². The summed E-state index contributed by atoms with van der Waals surface area (Å²) < 4.78 is 41.9. The number of amidine groups is 1. The van der Waals surface area contributed by atoms with Crippen molar-refractivity contribution in [3.8, 4) is 34.2 Å². The van der Waals surface area contributed by atoms with E-state index in [1.54, 1.807) is 0 Å². The van der Waals surface area contributed by atoms with Gasteiger partial charge in [-0.25, -0.2) is 0 Å². The minimum Gasteiger partial charge on any atom is -0.508 e. The highest BCUT2D eigenvalue weighted by Gasteiger charge is 2.34. The number of nitrogens with zero attached hydrogens (tertiary/aromatic N) is 4. The first-order valence-corrected chi connectivity index (χ1v) is 8.12. The fraction of sp³-hybridized carbons (Fsp3) is 0.105. The number of phenolic OH excluding ortho intramolecular Hbond substituents is 1. The van der Waals surface area contributed by atoms with Gasteiger partial charge in [-0.15, -0.1) is 0 Å². The Balaban J connectivity index is 2.51. The molecule has 29 heavy (non-hydrogen) atoms. The molecule has 10 heteroatoms. The molecule has 1 aromatic heterocycles. The van der Waals surface area contributed by atoms with Gasteiger partial charge in [-0.1, -0.05) is 17.3 Å². The van der Waals surface area contributed by atoms with Gasteiger partial charge in [0.1, 0.15) is 11.8 Å². The lowest BCUT2D eigenvalue weighted by Gasteiger charge is -2.19. The lowest BCUT2D eigenvalue weighted by Crippen LogP contribution is -2.18. The molecule has 148 valence electrons. The van der Waals surface area contributed by atoms with Crippen molar-refractivity contribution in [1.29, 1.82) is 5.26 Å². The number of hydrogen-bond donors (Lipinski definition) is 3. The Labute approximate surface area is 162 Å². The van der Waals surface area contributed by atoms with Crippen LogP contribution in [0, 0.1) is 11.3 Å². The lowest BCUT2D eigenvalue weighted by molar-refractivity contribution is -0.137. The van der Waals surface area contributed by atoms with Crippen LogP contribution in [0.2, 0.25) is 0 Å². The van der Waals surface area contributed by atoms with Gasteiger partial charge in [0.15, 0.2) is 5.84 Å². The SMILES string of the molecule is Cn1ncc(C#N)c1-c1c(/C(N)=N/O)cc(C(F)(F)F)cc1-c1ccc(O)cc1. The van der Waals surface area contributed by atoms with E-state index < -0.39 is 17.6 Å². The lowest BCUT2D eigenvalue weighted by atomic mass is 9.89. The first-order chi connectivity index (χ1) is 13.7. The van der Waals surface area contributed by atoms with Gasteiger partial charge in [-0.2, -0.15) is 23.5 Å². The molecule has 0 spiro atoms. The van der Waals surface area contributed by atoms with E-state index >= 15 is 0 Å². The summed E-state index contributed by atoms with van der Waals surface area (Å²) in [7, 11) is 1.52. The predicted molar refractivity (Wildman–Crippen MR) is 98.0 cm³/mol. The van der Waals surface area contributed by atoms with E-state index in [-0.39, 0.29) is 33.7 Å². The van der Waals surface area contributed by atoms with Gasteiger partial charge in [-0.05, 0) is 35.4 Å². The van der Waals surface area contributed by atoms with Crippen LogP contribution >= 0.6 is 0 Å². The van der Waals surface area contributed by atoms with Crippen LogP contribution in [0.4, 0.5) is 13.2 Å². The van der Waals surface area contributed by atoms with Crippen molar-refractivity contribution < 1.29 is 23.5 Å². The summed E-state index contributed by atoms with van der Waals surface area (Å²) in [5.74, 6) is -0.631. The van der Waals surface area contributed by atoms with Crippen LogP contribution in [0.15, 0.2) is 47.8 Å². The number of hydrogen-bond acceptors (Lipinski definition) is 5. The van der Waals surface area contributed by atoms with Crippen LogP contribution in [0.5, 0.6) is 5.75 Å². The molecule has 7 nitrogen and oxygen atoms in total. The number of nitriles is 1. The molecule has 0 saturated carbocycles. The standard InChI is InChI=1S/C19H14F3N5O2/c1-27-17(11(8-23)9-25-27)16-14(10-2-4-13(28)5-3-10)6-12(19(20,21)22)7-15(16)18(24)26-29/h2-7,9,28-29H,1H3,(H2,24,26). The van der Waals surface area contributed by atoms with E-state index in [4.69, 9.17) is 10.9 Å². The van der Waals surface area contributed by atoms with Gasteiger partial charge in [0.2, 0.25) is 0 Å². The van der Waals surface area contributed by atoms with Crippen LogP contribution in [-0.4, -0.2) is 25.9 Å². The molecule has 2 aromatic carbocycles. The molecule has 0 aliphatic rings. The maximum absolute atomic E-state index is 13.5. The van der Waals surface area contributed by atoms with E-state index in [9.17, 15) is 23.5 Å². The number of alkyl halides is 3. The Morgan fingerprint density at radius 2 is 1.90 bits per heavy atom. The maximum Gasteiger partial charge on any atom is 0.416 e. The van der Waals surface area contributed by atoms with E-state index in [0.29, 0.717) is 5.56 Å². The van der Waals surface area contributed by atoms with Crippen LogP contribution in [0.1, 0.15) is 16.7 Å². The molecular formula is C19H14F3N5O2. The largest absolute Gasteiger partial charge is 0.508 e. The number of aryl methyl sites for hydroxylation is 1. The third-order valence-corrected chi connectivity index (χ3v) is 4.32. The molecule has 0 saturated heterocycles. The second kappa shape index (κ2) is 7.20. The van der Waals surface area contributed by atoms with Crippen molar-refractivity contribution in [2.24, 2.45) is 17.9 Å². The molecule has 0 aliphatic heterocycles. The summed E-state index contributed by atoms with van der Waals surface area (Å²) in [4.78, 5) is 0. The highest BCUT2D eigenvalue weighted by atomic mass is 19.4. The predicted octanol–water partition coefficient (Wildman–Crippen LogP) is 3.44. The van der Waals surface area contributed by atoms with Crippen molar-refractivity contribution >= 4 is 5.84 Å². The molecule has 0 unspecified atom stereocenters. The number of rotatable bonds is 3. The number of halogens is 3.